The summed E-state index contributed by atoms with van der Waals surface area (Å²) in [6.07, 6.45) is 5.70. The molecule has 1 aliphatic rings. The summed E-state index contributed by atoms with van der Waals surface area (Å²) >= 11 is 0. The SMILES string of the molecule is CCCOC1CCCN(c2nccc3ccccc23)C1. The number of anilines is 1. The molecule has 1 fully saturated rings. The van der Waals surface area contributed by atoms with E-state index in [1.54, 1.807) is 0 Å². The number of pyridine rings is 1. The quantitative estimate of drug-likeness (QED) is 0.848. The monoisotopic (exact) mass is 270 g/mol. The highest BCUT2D eigenvalue weighted by Crippen LogP contribution is 2.27. The topological polar surface area (TPSA) is 25.4 Å². The van der Waals surface area contributed by atoms with Crippen molar-refractivity contribution in [3.8, 4) is 0 Å². The Morgan fingerprint density at radius 2 is 2.20 bits per heavy atom. The van der Waals surface area contributed by atoms with Crippen LogP contribution in [0.15, 0.2) is 36.5 Å². The van der Waals surface area contributed by atoms with Gasteiger partial charge in [-0.3, -0.25) is 0 Å². The summed E-state index contributed by atoms with van der Waals surface area (Å²) in [5, 5.41) is 2.50. The van der Waals surface area contributed by atoms with Gasteiger partial charge < -0.3 is 9.64 Å². The Morgan fingerprint density at radius 3 is 3.10 bits per heavy atom. The van der Waals surface area contributed by atoms with E-state index in [0.717, 1.165) is 31.9 Å². The zero-order valence-electron chi connectivity index (χ0n) is 12.1. The van der Waals surface area contributed by atoms with Crippen molar-refractivity contribution in [2.75, 3.05) is 24.6 Å². The Kier molecular flexibility index (Phi) is 4.16. The van der Waals surface area contributed by atoms with Crippen LogP contribution in [0.3, 0.4) is 0 Å². The molecule has 1 saturated heterocycles. The number of ether oxygens (including phenoxy) is 1. The largest absolute Gasteiger partial charge is 0.376 e. The first-order chi connectivity index (χ1) is 9.88. The van der Waals surface area contributed by atoms with E-state index in [0.29, 0.717) is 6.10 Å². The van der Waals surface area contributed by atoms with Gasteiger partial charge in [0.2, 0.25) is 0 Å². The van der Waals surface area contributed by atoms with Crippen molar-refractivity contribution in [2.24, 2.45) is 0 Å². The molecule has 0 aliphatic carbocycles. The fraction of sp³-hybridized carbons (Fsp3) is 0.471. The van der Waals surface area contributed by atoms with Gasteiger partial charge in [0.05, 0.1) is 6.10 Å². The Balaban J connectivity index is 1.83. The minimum atomic E-state index is 0.351. The molecule has 3 nitrogen and oxygen atoms in total. The molecule has 0 saturated carbocycles. The van der Waals surface area contributed by atoms with Crippen molar-refractivity contribution >= 4 is 16.6 Å². The van der Waals surface area contributed by atoms with Gasteiger partial charge in [0.1, 0.15) is 5.82 Å². The average Bonchev–Trinajstić information content (AvgIpc) is 2.52. The van der Waals surface area contributed by atoms with Gasteiger partial charge in [0.25, 0.3) is 0 Å². The van der Waals surface area contributed by atoms with Gasteiger partial charge >= 0.3 is 0 Å². The van der Waals surface area contributed by atoms with E-state index in [1.165, 1.54) is 23.6 Å². The first kappa shape index (κ1) is 13.4. The Bertz CT molecular complexity index is 564. The lowest BCUT2D eigenvalue weighted by molar-refractivity contribution is 0.0440. The van der Waals surface area contributed by atoms with E-state index >= 15 is 0 Å². The maximum absolute atomic E-state index is 5.93. The molecule has 1 aromatic carbocycles. The van der Waals surface area contributed by atoms with Crippen molar-refractivity contribution in [1.29, 1.82) is 0 Å². The van der Waals surface area contributed by atoms with E-state index in [2.05, 4.69) is 47.1 Å². The molecule has 3 heteroatoms. The number of aromatic nitrogens is 1. The normalized spacial score (nSPS) is 19.4. The predicted molar refractivity (Wildman–Crippen MR) is 83.2 cm³/mol. The minimum absolute atomic E-state index is 0.351. The van der Waals surface area contributed by atoms with Crippen molar-refractivity contribution in [2.45, 2.75) is 32.3 Å². The summed E-state index contributed by atoms with van der Waals surface area (Å²) in [5.41, 5.74) is 0. The molecule has 106 valence electrons. The van der Waals surface area contributed by atoms with Crippen LogP contribution in [0.5, 0.6) is 0 Å². The van der Waals surface area contributed by atoms with Gasteiger partial charge in [-0.25, -0.2) is 4.98 Å². The maximum atomic E-state index is 5.93. The van der Waals surface area contributed by atoms with Crippen LogP contribution in [-0.4, -0.2) is 30.8 Å². The van der Waals surface area contributed by atoms with Crippen LogP contribution >= 0.6 is 0 Å². The Morgan fingerprint density at radius 1 is 1.30 bits per heavy atom. The molecule has 0 spiro atoms. The molecule has 3 rings (SSSR count). The average molecular weight is 270 g/mol. The van der Waals surface area contributed by atoms with Gasteiger partial charge in [0.15, 0.2) is 0 Å². The highest BCUT2D eigenvalue weighted by molar-refractivity contribution is 5.92. The number of hydrogen-bond acceptors (Lipinski definition) is 3. The summed E-state index contributed by atoms with van der Waals surface area (Å²) in [7, 11) is 0. The number of fused-ring (bicyclic) bond motifs is 1. The fourth-order valence-electron chi connectivity index (χ4n) is 2.91. The third-order valence-electron chi connectivity index (χ3n) is 3.89. The van der Waals surface area contributed by atoms with Crippen LogP contribution in [0.25, 0.3) is 10.8 Å². The highest BCUT2D eigenvalue weighted by atomic mass is 16.5. The van der Waals surface area contributed by atoms with Crippen LogP contribution in [0, 0.1) is 0 Å². The predicted octanol–water partition coefficient (Wildman–Crippen LogP) is 3.63. The number of hydrogen-bond donors (Lipinski definition) is 0. The highest BCUT2D eigenvalue weighted by Gasteiger charge is 2.22. The minimum Gasteiger partial charge on any atom is -0.376 e. The second-order valence-corrected chi connectivity index (χ2v) is 5.44. The lowest BCUT2D eigenvalue weighted by atomic mass is 10.1. The van der Waals surface area contributed by atoms with E-state index in [1.807, 2.05) is 6.20 Å². The molecule has 2 heterocycles. The molecule has 2 aromatic rings. The lowest BCUT2D eigenvalue weighted by Crippen LogP contribution is -2.40. The second-order valence-electron chi connectivity index (χ2n) is 5.44. The van der Waals surface area contributed by atoms with E-state index in [-0.39, 0.29) is 0 Å². The number of rotatable bonds is 4. The smallest absolute Gasteiger partial charge is 0.136 e. The zero-order valence-corrected chi connectivity index (χ0v) is 12.1. The van der Waals surface area contributed by atoms with Crippen molar-refractivity contribution in [3.05, 3.63) is 36.5 Å². The van der Waals surface area contributed by atoms with Crippen LogP contribution in [-0.2, 0) is 4.74 Å². The van der Waals surface area contributed by atoms with Gasteiger partial charge in [-0.1, -0.05) is 31.2 Å². The number of piperidine rings is 1. The van der Waals surface area contributed by atoms with Gasteiger partial charge in [0, 0.05) is 31.3 Å². The van der Waals surface area contributed by atoms with Gasteiger partial charge in [-0.2, -0.15) is 0 Å². The third-order valence-corrected chi connectivity index (χ3v) is 3.89. The van der Waals surface area contributed by atoms with E-state index in [9.17, 15) is 0 Å². The summed E-state index contributed by atoms with van der Waals surface area (Å²) in [5.74, 6) is 1.10. The van der Waals surface area contributed by atoms with E-state index < -0.39 is 0 Å². The van der Waals surface area contributed by atoms with Crippen molar-refractivity contribution in [3.63, 3.8) is 0 Å². The van der Waals surface area contributed by atoms with Crippen molar-refractivity contribution in [1.82, 2.24) is 4.98 Å². The molecule has 0 radical (unpaired) electrons. The van der Waals surface area contributed by atoms with Crippen molar-refractivity contribution < 1.29 is 4.74 Å². The van der Waals surface area contributed by atoms with Gasteiger partial charge in [-0.15, -0.1) is 0 Å². The first-order valence-corrected chi connectivity index (χ1v) is 7.59. The molecule has 0 amide bonds. The molecule has 1 atom stereocenters. The maximum Gasteiger partial charge on any atom is 0.136 e. The van der Waals surface area contributed by atoms with Gasteiger partial charge in [-0.05, 0) is 30.7 Å². The van der Waals surface area contributed by atoms with E-state index in [4.69, 9.17) is 4.74 Å². The third kappa shape index (κ3) is 2.78. The number of benzene rings is 1. The zero-order chi connectivity index (χ0) is 13.8. The standard InChI is InChI=1S/C17H22N2O/c1-2-12-20-15-7-5-11-19(13-15)17-16-8-4-3-6-14(16)9-10-18-17/h3-4,6,8-10,15H,2,5,7,11-13H2,1H3. The van der Waals surface area contributed by atoms with Crippen LogP contribution < -0.4 is 4.90 Å². The molecular formula is C17H22N2O. The molecule has 0 N–H and O–H groups in total. The van der Waals surface area contributed by atoms with Crippen LogP contribution in [0.2, 0.25) is 0 Å². The second kappa shape index (κ2) is 6.23. The van der Waals surface area contributed by atoms with Crippen LogP contribution in [0.1, 0.15) is 26.2 Å². The molecule has 1 aromatic heterocycles. The summed E-state index contributed by atoms with van der Waals surface area (Å²) in [6.45, 7) is 5.06. The molecule has 1 unspecified atom stereocenters. The molecule has 20 heavy (non-hydrogen) atoms. The Hall–Kier alpha value is -1.61. The molecular weight excluding hydrogens is 248 g/mol. The summed E-state index contributed by atoms with van der Waals surface area (Å²) in [4.78, 5) is 7.00. The number of nitrogens with zero attached hydrogens (tertiary/aromatic N) is 2. The first-order valence-electron chi connectivity index (χ1n) is 7.59. The lowest BCUT2D eigenvalue weighted by Gasteiger charge is -2.34. The molecule has 1 aliphatic heterocycles. The van der Waals surface area contributed by atoms with Crippen LogP contribution in [0.4, 0.5) is 5.82 Å². The fourth-order valence-corrected chi connectivity index (χ4v) is 2.91. The summed E-state index contributed by atoms with van der Waals surface area (Å²) < 4.78 is 5.93. The molecule has 0 bridgehead atoms. The Labute approximate surface area is 120 Å². The summed E-state index contributed by atoms with van der Waals surface area (Å²) in [6, 6.07) is 10.6.